The van der Waals surface area contributed by atoms with Gasteiger partial charge in [0, 0.05) is 18.6 Å². The van der Waals surface area contributed by atoms with Crippen LogP contribution in [0.4, 0.5) is 15.8 Å². The molecule has 2 aromatic carbocycles. The molecule has 0 fully saturated rings. The number of rotatable bonds is 9. The average Bonchev–Trinajstić information content (AvgIpc) is 2.67. The van der Waals surface area contributed by atoms with E-state index in [2.05, 4.69) is 5.32 Å². The second kappa shape index (κ2) is 10.0. The number of carbonyl (C=O) groups excluding carboxylic acids is 2. The zero-order chi connectivity index (χ0) is 20.5. The van der Waals surface area contributed by atoms with Crippen molar-refractivity contribution in [1.29, 1.82) is 0 Å². The molecule has 0 radical (unpaired) electrons. The Morgan fingerprint density at radius 1 is 1.21 bits per heavy atom. The highest BCUT2D eigenvalue weighted by Crippen LogP contribution is 2.21. The highest BCUT2D eigenvalue weighted by molar-refractivity contribution is 5.93. The zero-order valence-corrected chi connectivity index (χ0v) is 15.1. The van der Waals surface area contributed by atoms with Crippen LogP contribution >= 0.6 is 0 Å². The average molecular weight is 390 g/mol. The van der Waals surface area contributed by atoms with Gasteiger partial charge >= 0.3 is 5.97 Å². The molecule has 0 aliphatic heterocycles. The minimum atomic E-state index is -0.835. The van der Waals surface area contributed by atoms with Crippen LogP contribution < -0.4 is 10.1 Å². The number of esters is 1. The molecular formula is C19H19FN2O6. The second-order valence-corrected chi connectivity index (χ2v) is 5.67. The number of carbonyl (C=O) groups is 2. The summed E-state index contributed by atoms with van der Waals surface area (Å²) in [6.45, 7) is 1.72. The molecular weight excluding hydrogens is 371 g/mol. The normalized spacial score (nSPS) is 10.2. The third-order valence-electron chi connectivity index (χ3n) is 3.67. The van der Waals surface area contributed by atoms with Crippen LogP contribution in [0.3, 0.4) is 0 Å². The van der Waals surface area contributed by atoms with E-state index in [0.29, 0.717) is 18.8 Å². The number of halogens is 1. The molecule has 9 heteroatoms. The Bertz CT molecular complexity index is 871. The Balaban J connectivity index is 1.84. The molecule has 1 amide bonds. The lowest BCUT2D eigenvalue weighted by molar-refractivity contribution is -0.384. The highest BCUT2D eigenvalue weighted by atomic mass is 19.1. The maximum atomic E-state index is 13.6. The van der Waals surface area contributed by atoms with Crippen molar-refractivity contribution in [2.24, 2.45) is 0 Å². The molecule has 0 aliphatic rings. The second-order valence-electron chi connectivity index (χ2n) is 5.67. The molecule has 148 valence electrons. The van der Waals surface area contributed by atoms with Gasteiger partial charge in [-0.3, -0.25) is 19.7 Å². The number of non-ortho nitro benzene ring substituents is 1. The zero-order valence-electron chi connectivity index (χ0n) is 15.1. The van der Waals surface area contributed by atoms with Crippen LogP contribution in [0, 0.1) is 15.9 Å². The lowest BCUT2D eigenvalue weighted by Crippen LogP contribution is -2.21. The molecule has 0 spiro atoms. The van der Waals surface area contributed by atoms with Gasteiger partial charge < -0.3 is 14.8 Å². The van der Waals surface area contributed by atoms with Crippen LogP contribution in [0.2, 0.25) is 0 Å². The van der Waals surface area contributed by atoms with Crippen molar-refractivity contribution in [3.63, 3.8) is 0 Å². The number of para-hydroxylation sites is 1. The summed E-state index contributed by atoms with van der Waals surface area (Å²) in [6, 6.07) is 10.0. The van der Waals surface area contributed by atoms with Crippen molar-refractivity contribution in [2.75, 3.05) is 18.5 Å². The summed E-state index contributed by atoms with van der Waals surface area (Å²) in [6.07, 6.45) is 0.401. The van der Waals surface area contributed by atoms with E-state index < -0.39 is 29.2 Å². The number of benzene rings is 2. The number of hydrogen-bond donors (Lipinski definition) is 1. The molecule has 28 heavy (non-hydrogen) atoms. The summed E-state index contributed by atoms with van der Waals surface area (Å²) in [5.41, 5.74) is 0.104. The molecule has 2 rings (SSSR count). The van der Waals surface area contributed by atoms with Crippen LogP contribution in [-0.2, 0) is 20.7 Å². The minimum Gasteiger partial charge on any atom is -0.494 e. The van der Waals surface area contributed by atoms with E-state index in [1.54, 1.807) is 6.07 Å². The number of amides is 1. The number of aryl methyl sites for hydroxylation is 1. The highest BCUT2D eigenvalue weighted by Gasteiger charge is 2.15. The summed E-state index contributed by atoms with van der Waals surface area (Å²) < 4.78 is 24.0. The molecule has 0 heterocycles. The Kier molecular flexibility index (Phi) is 7.44. The van der Waals surface area contributed by atoms with Gasteiger partial charge in [-0.15, -0.1) is 0 Å². The third-order valence-corrected chi connectivity index (χ3v) is 3.67. The molecule has 0 aromatic heterocycles. The van der Waals surface area contributed by atoms with Crippen LogP contribution in [-0.4, -0.2) is 30.0 Å². The fourth-order valence-corrected chi connectivity index (χ4v) is 2.37. The molecule has 0 atom stereocenters. The molecule has 8 nitrogen and oxygen atoms in total. The summed E-state index contributed by atoms with van der Waals surface area (Å²) in [4.78, 5) is 33.7. The van der Waals surface area contributed by atoms with Crippen LogP contribution in [0.5, 0.6) is 5.75 Å². The number of nitrogens with one attached hydrogen (secondary N) is 1. The predicted molar refractivity (Wildman–Crippen MR) is 98.6 cm³/mol. The fraction of sp³-hybridized carbons (Fsp3) is 0.263. The topological polar surface area (TPSA) is 108 Å². The van der Waals surface area contributed by atoms with Gasteiger partial charge in [-0.05, 0) is 31.0 Å². The van der Waals surface area contributed by atoms with E-state index in [1.807, 2.05) is 25.1 Å². The molecule has 0 bridgehead atoms. The van der Waals surface area contributed by atoms with Crippen molar-refractivity contribution in [3.05, 3.63) is 64.0 Å². The quantitative estimate of drug-likeness (QED) is 0.400. The Labute approximate surface area is 160 Å². The van der Waals surface area contributed by atoms with Crippen molar-refractivity contribution in [3.8, 4) is 5.75 Å². The summed E-state index contributed by atoms with van der Waals surface area (Å²) in [7, 11) is 0. The van der Waals surface area contributed by atoms with E-state index >= 15 is 0 Å². The number of nitrogens with zero attached hydrogens (tertiary/aromatic N) is 1. The number of ether oxygens (including phenoxy) is 2. The van der Waals surface area contributed by atoms with Crippen LogP contribution in [0.15, 0.2) is 42.5 Å². The van der Waals surface area contributed by atoms with Gasteiger partial charge in [0.25, 0.3) is 11.6 Å². The molecule has 0 aliphatic carbocycles. The lowest BCUT2D eigenvalue weighted by Gasteiger charge is -2.10. The van der Waals surface area contributed by atoms with Crippen molar-refractivity contribution >= 4 is 23.3 Å². The van der Waals surface area contributed by atoms with E-state index in [1.165, 1.54) is 0 Å². The van der Waals surface area contributed by atoms with E-state index in [0.717, 1.165) is 23.8 Å². The molecule has 2 aromatic rings. The first-order valence-electron chi connectivity index (χ1n) is 8.50. The largest absolute Gasteiger partial charge is 0.494 e. The fourth-order valence-electron chi connectivity index (χ4n) is 2.37. The molecule has 0 saturated heterocycles. The van der Waals surface area contributed by atoms with Crippen molar-refractivity contribution < 1.29 is 28.4 Å². The van der Waals surface area contributed by atoms with Gasteiger partial charge in [-0.2, -0.15) is 0 Å². The van der Waals surface area contributed by atoms with Crippen molar-refractivity contribution in [1.82, 2.24) is 0 Å². The van der Waals surface area contributed by atoms with Gasteiger partial charge in [0.05, 0.1) is 17.2 Å². The van der Waals surface area contributed by atoms with Gasteiger partial charge in [0.15, 0.2) is 6.61 Å². The maximum Gasteiger partial charge on any atom is 0.306 e. The predicted octanol–water partition coefficient (Wildman–Crippen LogP) is 3.25. The first kappa shape index (κ1) is 20.8. The lowest BCUT2D eigenvalue weighted by atomic mass is 10.1. The van der Waals surface area contributed by atoms with E-state index in [9.17, 15) is 24.1 Å². The summed E-state index contributed by atoms with van der Waals surface area (Å²) in [5, 5.41) is 12.9. The van der Waals surface area contributed by atoms with E-state index in [4.69, 9.17) is 9.47 Å². The van der Waals surface area contributed by atoms with Crippen LogP contribution in [0.1, 0.15) is 18.9 Å². The van der Waals surface area contributed by atoms with Gasteiger partial charge in [-0.25, -0.2) is 4.39 Å². The SMILES string of the molecule is CCOc1ccccc1CCC(=O)OCC(=O)Nc1cc([N+](=O)[O-])ccc1F. The van der Waals surface area contributed by atoms with Crippen LogP contribution in [0.25, 0.3) is 0 Å². The first-order chi connectivity index (χ1) is 13.4. The van der Waals surface area contributed by atoms with E-state index in [-0.39, 0.29) is 17.8 Å². The number of nitro benzene ring substituents is 1. The third kappa shape index (κ3) is 6.04. The standard InChI is InChI=1S/C19H19FN2O6/c1-2-27-17-6-4-3-5-13(17)7-10-19(24)28-12-18(23)21-16-11-14(22(25)26)8-9-15(16)20/h3-6,8-9,11H,2,7,10,12H2,1H3,(H,21,23). The number of anilines is 1. The van der Waals surface area contributed by atoms with Gasteiger partial charge in [0.2, 0.25) is 0 Å². The number of nitro groups is 1. The number of hydrogen-bond acceptors (Lipinski definition) is 6. The molecule has 0 unspecified atom stereocenters. The summed E-state index contributed by atoms with van der Waals surface area (Å²) in [5.74, 6) is -1.57. The minimum absolute atomic E-state index is 0.0303. The summed E-state index contributed by atoms with van der Waals surface area (Å²) >= 11 is 0. The molecule has 1 N–H and O–H groups in total. The monoisotopic (exact) mass is 390 g/mol. The Morgan fingerprint density at radius 3 is 2.68 bits per heavy atom. The van der Waals surface area contributed by atoms with Gasteiger partial charge in [0.1, 0.15) is 11.6 Å². The van der Waals surface area contributed by atoms with Gasteiger partial charge in [-0.1, -0.05) is 18.2 Å². The molecule has 0 saturated carbocycles. The Hall–Kier alpha value is -3.49. The first-order valence-corrected chi connectivity index (χ1v) is 8.50. The Morgan fingerprint density at radius 2 is 1.96 bits per heavy atom. The maximum absolute atomic E-state index is 13.6. The van der Waals surface area contributed by atoms with Crippen molar-refractivity contribution in [2.45, 2.75) is 19.8 Å². The smallest absolute Gasteiger partial charge is 0.306 e.